The molecule has 1 aromatic carbocycles. The molecule has 0 radical (unpaired) electrons. The van der Waals surface area contributed by atoms with Gasteiger partial charge in [-0.15, -0.1) is 0 Å². The zero-order valence-corrected chi connectivity index (χ0v) is 12.3. The molecular formula is C17H23N3. The van der Waals surface area contributed by atoms with Crippen LogP contribution in [0.25, 0.3) is 0 Å². The second kappa shape index (κ2) is 7.78. The highest BCUT2D eigenvalue weighted by Crippen LogP contribution is 2.09. The molecule has 0 bridgehead atoms. The summed E-state index contributed by atoms with van der Waals surface area (Å²) in [5.74, 6) is 0. The highest BCUT2D eigenvalue weighted by Gasteiger charge is 2.06. The number of nitrogens with zero attached hydrogens (tertiary/aromatic N) is 2. The Kier molecular flexibility index (Phi) is 5.71. The summed E-state index contributed by atoms with van der Waals surface area (Å²) < 4.78 is 0. The van der Waals surface area contributed by atoms with Crippen LogP contribution in [0, 0.1) is 0 Å². The SMILES string of the molecule is CCN(Cc1ccccc1)Cc1cccc(CNC)n1. The Morgan fingerprint density at radius 1 is 0.950 bits per heavy atom. The summed E-state index contributed by atoms with van der Waals surface area (Å²) >= 11 is 0. The van der Waals surface area contributed by atoms with Gasteiger partial charge in [0.2, 0.25) is 0 Å². The molecule has 0 aliphatic heterocycles. The fourth-order valence-electron chi connectivity index (χ4n) is 2.25. The maximum atomic E-state index is 4.69. The molecular weight excluding hydrogens is 246 g/mol. The lowest BCUT2D eigenvalue weighted by Gasteiger charge is -2.20. The van der Waals surface area contributed by atoms with Crippen LogP contribution >= 0.6 is 0 Å². The van der Waals surface area contributed by atoms with Gasteiger partial charge in [0, 0.05) is 19.6 Å². The summed E-state index contributed by atoms with van der Waals surface area (Å²) in [5.41, 5.74) is 3.58. The van der Waals surface area contributed by atoms with Gasteiger partial charge in [-0.2, -0.15) is 0 Å². The first-order valence-electron chi connectivity index (χ1n) is 7.17. The van der Waals surface area contributed by atoms with Gasteiger partial charge >= 0.3 is 0 Å². The van der Waals surface area contributed by atoms with Crippen LogP contribution < -0.4 is 5.32 Å². The maximum absolute atomic E-state index is 4.69. The second-order valence-electron chi connectivity index (χ2n) is 4.94. The molecule has 2 aromatic rings. The minimum atomic E-state index is 0.818. The molecule has 3 nitrogen and oxygen atoms in total. The van der Waals surface area contributed by atoms with E-state index in [4.69, 9.17) is 0 Å². The molecule has 0 spiro atoms. The number of nitrogens with one attached hydrogen (secondary N) is 1. The van der Waals surface area contributed by atoms with Gasteiger partial charge in [0.25, 0.3) is 0 Å². The summed E-state index contributed by atoms with van der Waals surface area (Å²) in [7, 11) is 1.95. The Labute approximate surface area is 121 Å². The van der Waals surface area contributed by atoms with Crippen LogP contribution in [-0.4, -0.2) is 23.5 Å². The normalized spacial score (nSPS) is 10.9. The van der Waals surface area contributed by atoms with Gasteiger partial charge in [-0.3, -0.25) is 9.88 Å². The van der Waals surface area contributed by atoms with Gasteiger partial charge in [0.15, 0.2) is 0 Å². The van der Waals surface area contributed by atoms with E-state index in [1.54, 1.807) is 0 Å². The van der Waals surface area contributed by atoms with E-state index in [1.807, 2.05) is 7.05 Å². The van der Waals surface area contributed by atoms with Crippen molar-refractivity contribution in [1.29, 1.82) is 0 Å². The lowest BCUT2D eigenvalue weighted by atomic mass is 10.2. The van der Waals surface area contributed by atoms with Crippen molar-refractivity contribution in [3.05, 3.63) is 65.5 Å². The lowest BCUT2D eigenvalue weighted by molar-refractivity contribution is 0.268. The Morgan fingerprint density at radius 2 is 1.70 bits per heavy atom. The topological polar surface area (TPSA) is 28.2 Å². The summed E-state index contributed by atoms with van der Waals surface area (Å²) in [5, 5.41) is 3.14. The molecule has 3 heteroatoms. The molecule has 0 saturated heterocycles. The number of hydrogen-bond acceptors (Lipinski definition) is 3. The molecule has 2 rings (SSSR count). The zero-order chi connectivity index (χ0) is 14.2. The van der Waals surface area contributed by atoms with E-state index in [2.05, 4.69) is 70.7 Å². The highest BCUT2D eigenvalue weighted by molar-refractivity contribution is 5.15. The summed E-state index contributed by atoms with van der Waals surface area (Å²) in [6.07, 6.45) is 0. The molecule has 0 aliphatic carbocycles. The number of pyridine rings is 1. The van der Waals surface area contributed by atoms with Crippen LogP contribution in [-0.2, 0) is 19.6 Å². The van der Waals surface area contributed by atoms with Crippen LogP contribution in [0.3, 0.4) is 0 Å². The monoisotopic (exact) mass is 269 g/mol. The average Bonchev–Trinajstić information content (AvgIpc) is 2.48. The van der Waals surface area contributed by atoms with E-state index in [-0.39, 0.29) is 0 Å². The van der Waals surface area contributed by atoms with Crippen LogP contribution in [0.15, 0.2) is 48.5 Å². The maximum Gasteiger partial charge on any atom is 0.0547 e. The third-order valence-corrected chi connectivity index (χ3v) is 3.30. The van der Waals surface area contributed by atoms with Crippen molar-refractivity contribution in [1.82, 2.24) is 15.2 Å². The molecule has 0 saturated carbocycles. The van der Waals surface area contributed by atoms with E-state index >= 15 is 0 Å². The Bertz CT molecular complexity index is 511. The lowest BCUT2D eigenvalue weighted by Crippen LogP contribution is -2.23. The summed E-state index contributed by atoms with van der Waals surface area (Å²) in [4.78, 5) is 7.09. The average molecular weight is 269 g/mol. The van der Waals surface area contributed by atoms with E-state index in [1.165, 1.54) is 5.56 Å². The smallest absolute Gasteiger partial charge is 0.0547 e. The molecule has 1 aromatic heterocycles. The molecule has 0 aliphatic rings. The summed E-state index contributed by atoms with van der Waals surface area (Å²) in [6.45, 7) is 5.89. The highest BCUT2D eigenvalue weighted by atomic mass is 15.1. The molecule has 0 fully saturated rings. The van der Waals surface area contributed by atoms with E-state index in [9.17, 15) is 0 Å². The van der Waals surface area contributed by atoms with E-state index < -0.39 is 0 Å². The molecule has 106 valence electrons. The summed E-state index contributed by atoms with van der Waals surface area (Å²) in [6, 6.07) is 16.8. The minimum absolute atomic E-state index is 0.818. The number of hydrogen-bond donors (Lipinski definition) is 1. The van der Waals surface area contributed by atoms with Crippen molar-refractivity contribution >= 4 is 0 Å². The molecule has 0 amide bonds. The van der Waals surface area contributed by atoms with Crippen molar-refractivity contribution in [2.75, 3.05) is 13.6 Å². The second-order valence-corrected chi connectivity index (χ2v) is 4.94. The zero-order valence-electron chi connectivity index (χ0n) is 12.3. The minimum Gasteiger partial charge on any atom is -0.314 e. The predicted molar refractivity (Wildman–Crippen MR) is 83.2 cm³/mol. The Balaban J connectivity index is 2.00. The molecule has 0 unspecified atom stereocenters. The first-order chi connectivity index (χ1) is 9.81. The van der Waals surface area contributed by atoms with Gasteiger partial charge in [0.05, 0.1) is 11.4 Å². The Hall–Kier alpha value is -1.71. The van der Waals surface area contributed by atoms with Gasteiger partial charge in [-0.25, -0.2) is 0 Å². The van der Waals surface area contributed by atoms with E-state index in [0.29, 0.717) is 0 Å². The van der Waals surface area contributed by atoms with Crippen LogP contribution in [0.2, 0.25) is 0 Å². The third-order valence-electron chi connectivity index (χ3n) is 3.30. The Morgan fingerprint density at radius 3 is 2.40 bits per heavy atom. The van der Waals surface area contributed by atoms with Gasteiger partial charge in [-0.05, 0) is 31.3 Å². The third kappa shape index (κ3) is 4.44. The quantitative estimate of drug-likeness (QED) is 0.838. The molecule has 0 atom stereocenters. The van der Waals surface area contributed by atoms with Crippen molar-refractivity contribution in [2.45, 2.75) is 26.6 Å². The van der Waals surface area contributed by atoms with Gasteiger partial charge in [-0.1, -0.05) is 43.3 Å². The number of benzene rings is 1. The fourth-order valence-corrected chi connectivity index (χ4v) is 2.25. The van der Waals surface area contributed by atoms with Gasteiger partial charge in [0.1, 0.15) is 0 Å². The largest absolute Gasteiger partial charge is 0.314 e. The molecule has 20 heavy (non-hydrogen) atoms. The van der Waals surface area contributed by atoms with Crippen molar-refractivity contribution in [3.63, 3.8) is 0 Å². The molecule has 1 heterocycles. The number of aromatic nitrogens is 1. The van der Waals surface area contributed by atoms with Crippen molar-refractivity contribution in [3.8, 4) is 0 Å². The van der Waals surface area contributed by atoms with Crippen LogP contribution in [0.1, 0.15) is 23.9 Å². The predicted octanol–water partition coefficient (Wildman–Crippen LogP) is 2.82. The van der Waals surface area contributed by atoms with Crippen LogP contribution in [0.5, 0.6) is 0 Å². The van der Waals surface area contributed by atoms with E-state index in [0.717, 1.165) is 37.6 Å². The van der Waals surface area contributed by atoms with Gasteiger partial charge < -0.3 is 5.32 Å². The standard InChI is InChI=1S/C17H23N3/c1-3-20(13-15-8-5-4-6-9-15)14-17-11-7-10-16(19-17)12-18-2/h4-11,18H,3,12-14H2,1-2H3. The van der Waals surface area contributed by atoms with Crippen LogP contribution in [0.4, 0.5) is 0 Å². The first-order valence-corrected chi connectivity index (χ1v) is 7.17. The number of rotatable bonds is 7. The van der Waals surface area contributed by atoms with Crippen molar-refractivity contribution < 1.29 is 0 Å². The first kappa shape index (κ1) is 14.7. The molecule has 1 N–H and O–H groups in total. The fraction of sp³-hybridized carbons (Fsp3) is 0.353. The van der Waals surface area contributed by atoms with Crippen molar-refractivity contribution in [2.24, 2.45) is 0 Å².